The van der Waals surface area contributed by atoms with Gasteiger partial charge in [0.15, 0.2) is 0 Å². The number of carbonyl (C=O) groups is 1. The molecule has 0 aliphatic heterocycles. The number of pyridine rings is 1. The van der Waals surface area contributed by atoms with Gasteiger partial charge in [-0.2, -0.15) is 0 Å². The molecule has 0 fully saturated rings. The first-order chi connectivity index (χ1) is 10.2. The fourth-order valence-electron chi connectivity index (χ4n) is 1.97. The first-order valence-electron chi connectivity index (χ1n) is 6.68. The number of hydrogen-bond donors (Lipinski definition) is 1. The number of aromatic nitrogens is 1. The minimum atomic E-state index is -0.0665. The molecule has 2 N–H and O–H groups in total. The van der Waals surface area contributed by atoms with Crippen molar-refractivity contribution in [3.05, 3.63) is 66.0 Å². The van der Waals surface area contributed by atoms with E-state index in [9.17, 15) is 4.79 Å². The van der Waals surface area contributed by atoms with E-state index in [1.165, 1.54) is 0 Å². The smallest absolute Gasteiger partial charge is 0.255 e. The minimum Gasteiger partial charge on any atom is -0.393 e. The average molecular weight is 299 g/mol. The molecular weight excluding hydrogens is 282 g/mol. The highest BCUT2D eigenvalue weighted by atomic mass is 32.1. The zero-order valence-corrected chi connectivity index (χ0v) is 12.4. The largest absolute Gasteiger partial charge is 0.393 e. The molecular formula is C16H17N3OS. The molecule has 0 unspecified atom stereocenters. The second-order valence-electron chi connectivity index (χ2n) is 4.67. The van der Waals surface area contributed by atoms with Crippen LogP contribution in [-0.2, 0) is 6.54 Å². The Morgan fingerprint density at radius 1 is 1.19 bits per heavy atom. The van der Waals surface area contributed by atoms with Crippen LogP contribution in [0.15, 0.2) is 54.9 Å². The molecule has 2 rings (SSSR count). The zero-order chi connectivity index (χ0) is 15.1. The van der Waals surface area contributed by atoms with Gasteiger partial charge in [-0.1, -0.05) is 42.5 Å². The Kier molecular flexibility index (Phi) is 5.40. The van der Waals surface area contributed by atoms with Gasteiger partial charge in [0, 0.05) is 31.9 Å². The molecule has 0 aliphatic carbocycles. The molecule has 0 spiro atoms. The lowest BCUT2D eigenvalue weighted by Crippen LogP contribution is -2.33. The first kappa shape index (κ1) is 15.1. The summed E-state index contributed by atoms with van der Waals surface area (Å²) in [5, 5.41) is 0. The van der Waals surface area contributed by atoms with Crippen LogP contribution < -0.4 is 5.73 Å². The zero-order valence-electron chi connectivity index (χ0n) is 11.6. The molecule has 5 heteroatoms. The molecule has 0 bridgehead atoms. The highest BCUT2D eigenvalue weighted by Crippen LogP contribution is 2.10. The summed E-state index contributed by atoms with van der Waals surface area (Å²) in [6.45, 7) is 1.02. The number of amides is 1. The normalized spacial score (nSPS) is 10.1. The standard InChI is InChI=1S/C16H17N3OS/c17-15(21)8-10-19(12-13-5-2-1-3-6-13)16(20)14-7-4-9-18-11-14/h1-7,9,11H,8,10,12H2,(H2,17,21). The van der Waals surface area contributed by atoms with Crippen molar-refractivity contribution in [2.45, 2.75) is 13.0 Å². The van der Waals surface area contributed by atoms with Gasteiger partial charge in [-0.25, -0.2) is 0 Å². The lowest BCUT2D eigenvalue weighted by Gasteiger charge is -2.22. The molecule has 2 aromatic rings. The third-order valence-electron chi connectivity index (χ3n) is 3.04. The second kappa shape index (κ2) is 7.50. The summed E-state index contributed by atoms with van der Waals surface area (Å²) in [5.41, 5.74) is 7.19. The number of nitrogens with two attached hydrogens (primary N) is 1. The van der Waals surface area contributed by atoms with Crippen molar-refractivity contribution in [3.63, 3.8) is 0 Å². The van der Waals surface area contributed by atoms with Crippen molar-refractivity contribution in [2.24, 2.45) is 5.73 Å². The number of carbonyl (C=O) groups excluding carboxylic acids is 1. The maximum Gasteiger partial charge on any atom is 0.255 e. The van der Waals surface area contributed by atoms with E-state index in [-0.39, 0.29) is 5.91 Å². The highest BCUT2D eigenvalue weighted by Gasteiger charge is 2.16. The van der Waals surface area contributed by atoms with E-state index in [2.05, 4.69) is 4.98 Å². The van der Waals surface area contributed by atoms with E-state index >= 15 is 0 Å². The first-order valence-corrected chi connectivity index (χ1v) is 7.09. The molecule has 0 aliphatic rings. The maximum absolute atomic E-state index is 12.6. The minimum absolute atomic E-state index is 0.0665. The maximum atomic E-state index is 12.6. The molecule has 1 heterocycles. The summed E-state index contributed by atoms with van der Waals surface area (Å²) in [5.74, 6) is -0.0665. The summed E-state index contributed by atoms with van der Waals surface area (Å²) in [7, 11) is 0. The number of hydrogen-bond acceptors (Lipinski definition) is 3. The lowest BCUT2D eigenvalue weighted by atomic mass is 10.1. The molecule has 1 aromatic carbocycles. The van der Waals surface area contributed by atoms with Gasteiger partial charge in [-0.3, -0.25) is 9.78 Å². The topological polar surface area (TPSA) is 59.2 Å². The van der Waals surface area contributed by atoms with E-state index < -0.39 is 0 Å². The van der Waals surface area contributed by atoms with Crippen LogP contribution in [0.5, 0.6) is 0 Å². The van der Waals surface area contributed by atoms with Gasteiger partial charge < -0.3 is 10.6 Å². The van der Waals surface area contributed by atoms with Crippen LogP contribution >= 0.6 is 12.2 Å². The fourth-order valence-corrected chi connectivity index (χ4v) is 2.06. The third kappa shape index (κ3) is 4.65. The van der Waals surface area contributed by atoms with Gasteiger partial charge in [0.05, 0.1) is 10.6 Å². The molecule has 1 amide bonds. The van der Waals surface area contributed by atoms with Crippen molar-refractivity contribution in [2.75, 3.05) is 6.54 Å². The van der Waals surface area contributed by atoms with Gasteiger partial charge in [-0.05, 0) is 17.7 Å². The van der Waals surface area contributed by atoms with Crippen LogP contribution in [0.1, 0.15) is 22.3 Å². The summed E-state index contributed by atoms with van der Waals surface area (Å²) in [6, 6.07) is 13.3. The quantitative estimate of drug-likeness (QED) is 0.832. The Morgan fingerprint density at radius 2 is 1.95 bits per heavy atom. The van der Waals surface area contributed by atoms with E-state index in [0.717, 1.165) is 5.56 Å². The van der Waals surface area contributed by atoms with Crippen molar-refractivity contribution in [3.8, 4) is 0 Å². The van der Waals surface area contributed by atoms with Crippen LogP contribution in [-0.4, -0.2) is 27.3 Å². The summed E-state index contributed by atoms with van der Waals surface area (Å²) in [6.07, 6.45) is 3.72. The van der Waals surface area contributed by atoms with Gasteiger partial charge in [0.25, 0.3) is 5.91 Å². The van der Waals surface area contributed by atoms with Crippen molar-refractivity contribution in [1.82, 2.24) is 9.88 Å². The van der Waals surface area contributed by atoms with Crippen LogP contribution in [0, 0.1) is 0 Å². The van der Waals surface area contributed by atoms with E-state index in [0.29, 0.717) is 30.1 Å². The Labute approximate surface area is 129 Å². The van der Waals surface area contributed by atoms with Crippen LogP contribution in [0.3, 0.4) is 0 Å². The highest BCUT2D eigenvalue weighted by molar-refractivity contribution is 7.80. The average Bonchev–Trinajstić information content (AvgIpc) is 2.52. The molecule has 21 heavy (non-hydrogen) atoms. The molecule has 0 saturated carbocycles. The van der Waals surface area contributed by atoms with Gasteiger partial charge >= 0.3 is 0 Å². The predicted octanol–water partition coefficient (Wildman–Crippen LogP) is 2.40. The van der Waals surface area contributed by atoms with Crippen molar-refractivity contribution >= 4 is 23.1 Å². The van der Waals surface area contributed by atoms with Crippen molar-refractivity contribution in [1.29, 1.82) is 0 Å². The van der Waals surface area contributed by atoms with E-state index in [1.807, 2.05) is 30.3 Å². The SMILES string of the molecule is NC(=S)CCN(Cc1ccccc1)C(=O)c1cccnc1. The number of benzene rings is 1. The van der Waals surface area contributed by atoms with Crippen LogP contribution in [0.25, 0.3) is 0 Å². The second-order valence-corrected chi connectivity index (χ2v) is 5.19. The Hall–Kier alpha value is -2.27. The Balaban J connectivity index is 2.15. The molecule has 0 radical (unpaired) electrons. The molecule has 108 valence electrons. The lowest BCUT2D eigenvalue weighted by molar-refractivity contribution is 0.0747. The number of rotatable bonds is 6. The Bertz CT molecular complexity index is 601. The van der Waals surface area contributed by atoms with Gasteiger partial charge in [0.2, 0.25) is 0 Å². The van der Waals surface area contributed by atoms with Gasteiger partial charge in [0.1, 0.15) is 0 Å². The predicted molar refractivity (Wildman–Crippen MR) is 86.8 cm³/mol. The molecule has 4 nitrogen and oxygen atoms in total. The van der Waals surface area contributed by atoms with E-state index in [4.69, 9.17) is 18.0 Å². The van der Waals surface area contributed by atoms with Crippen LogP contribution in [0.2, 0.25) is 0 Å². The van der Waals surface area contributed by atoms with Crippen molar-refractivity contribution < 1.29 is 4.79 Å². The summed E-state index contributed by atoms with van der Waals surface area (Å²) in [4.78, 5) is 18.7. The van der Waals surface area contributed by atoms with E-state index in [1.54, 1.807) is 29.4 Å². The third-order valence-corrected chi connectivity index (χ3v) is 3.24. The Morgan fingerprint density at radius 3 is 2.57 bits per heavy atom. The summed E-state index contributed by atoms with van der Waals surface area (Å²) < 4.78 is 0. The van der Waals surface area contributed by atoms with Crippen LogP contribution in [0.4, 0.5) is 0 Å². The number of thiocarbonyl (C=S) groups is 1. The number of nitrogens with zero attached hydrogens (tertiary/aromatic N) is 2. The molecule has 0 atom stereocenters. The molecule has 0 saturated heterocycles. The molecule has 1 aromatic heterocycles. The summed E-state index contributed by atoms with van der Waals surface area (Å²) >= 11 is 4.91. The monoisotopic (exact) mass is 299 g/mol. The van der Waals surface area contributed by atoms with Gasteiger partial charge in [-0.15, -0.1) is 0 Å². The fraction of sp³-hybridized carbons (Fsp3) is 0.188.